The van der Waals surface area contributed by atoms with E-state index in [9.17, 15) is 0 Å². The molecule has 2 nitrogen and oxygen atoms in total. The molecular weight excluding hydrogens is 280 g/mol. The molecule has 1 aromatic heterocycles. The number of aromatic nitrogens is 1. The summed E-state index contributed by atoms with van der Waals surface area (Å²) in [4.78, 5) is 3.22. The van der Waals surface area contributed by atoms with Crippen LogP contribution in [-0.2, 0) is 5.41 Å². The third-order valence-corrected chi connectivity index (χ3v) is 4.33. The number of nitrogens with two attached hydrogens (primary N) is 1. The molecule has 0 radical (unpaired) electrons. The number of nitrogens with one attached hydrogen (secondary N) is 1. The van der Waals surface area contributed by atoms with E-state index in [0.29, 0.717) is 0 Å². The van der Waals surface area contributed by atoms with E-state index < -0.39 is 0 Å². The molecule has 0 fully saturated rings. The lowest BCUT2D eigenvalue weighted by Crippen LogP contribution is -2.13. The summed E-state index contributed by atoms with van der Waals surface area (Å²) in [6.45, 7) is 8.90. The van der Waals surface area contributed by atoms with E-state index in [1.165, 1.54) is 22.3 Å². The summed E-state index contributed by atoms with van der Waals surface area (Å²) in [6, 6.07) is 16.9. The van der Waals surface area contributed by atoms with Crippen LogP contribution in [0.4, 0.5) is 5.82 Å². The number of aryl methyl sites for hydroxylation is 1. The van der Waals surface area contributed by atoms with E-state index in [4.69, 9.17) is 5.73 Å². The number of nitrogen functional groups attached to an aromatic ring is 1. The van der Waals surface area contributed by atoms with Crippen LogP contribution in [0, 0.1) is 6.92 Å². The summed E-state index contributed by atoms with van der Waals surface area (Å²) in [7, 11) is 0. The van der Waals surface area contributed by atoms with E-state index in [2.05, 4.69) is 75.1 Å². The van der Waals surface area contributed by atoms with Crippen molar-refractivity contribution < 1.29 is 0 Å². The number of H-pyrrole nitrogens is 1. The maximum Gasteiger partial charge on any atom is 0.109 e. The molecule has 3 aromatic rings. The van der Waals surface area contributed by atoms with Crippen molar-refractivity contribution in [3.8, 4) is 22.3 Å². The minimum atomic E-state index is 0.0546. The Kier molecular flexibility index (Phi) is 3.77. The molecule has 0 aliphatic carbocycles. The fourth-order valence-corrected chi connectivity index (χ4v) is 3.18. The Balaban J connectivity index is 2.32. The maximum absolute atomic E-state index is 6.34. The van der Waals surface area contributed by atoms with Gasteiger partial charge in [0.15, 0.2) is 0 Å². The van der Waals surface area contributed by atoms with Crippen molar-refractivity contribution in [3.63, 3.8) is 0 Å². The van der Waals surface area contributed by atoms with Crippen LogP contribution in [0.25, 0.3) is 22.3 Å². The average Bonchev–Trinajstić information content (AvgIpc) is 2.88. The molecule has 0 aliphatic rings. The van der Waals surface area contributed by atoms with Gasteiger partial charge >= 0.3 is 0 Å². The lowest BCUT2D eigenvalue weighted by molar-refractivity contribution is 0.591. The van der Waals surface area contributed by atoms with Crippen LogP contribution in [-0.4, -0.2) is 4.98 Å². The van der Waals surface area contributed by atoms with Gasteiger partial charge in [0.2, 0.25) is 0 Å². The zero-order chi connectivity index (χ0) is 16.6. The Hall–Kier alpha value is -2.48. The number of anilines is 1. The monoisotopic (exact) mass is 304 g/mol. The van der Waals surface area contributed by atoms with Crippen molar-refractivity contribution in [1.82, 2.24) is 4.98 Å². The molecule has 0 saturated heterocycles. The fraction of sp³-hybridized carbons (Fsp3) is 0.238. The summed E-state index contributed by atoms with van der Waals surface area (Å²) in [5, 5.41) is 0. The van der Waals surface area contributed by atoms with Gasteiger partial charge in [0.05, 0.1) is 0 Å². The van der Waals surface area contributed by atoms with Crippen LogP contribution in [0.3, 0.4) is 0 Å². The first-order valence-corrected chi connectivity index (χ1v) is 8.02. The van der Waals surface area contributed by atoms with E-state index in [1.807, 2.05) is 12.3 Å². The van der Waals surface area contributed by atoms with Crippen molar-refractivity contribution in [2.75, 3.05) is 5.73 Å². The van der Waals surface area contributed by atoms with Gasteiger partial charge in [-0.2, -0.15) is 0 Å². The number of aromatic amines is 1. The van der Waals surface area contributed by atoms with Gasteiger partial charge < -0.3 is 10.7 Å². The Labute approximate surface area is 138 Å². The van der Waals surface area contributed by atoms with Gasteiger partial charge in [0, 0.05) is 17.3 Å². The van der Waals surface area contributed by atoms with Gasteiger partial charge in [0.25, 0.3) is 0 Å². The second-order valence-electron chi connectivity index (χ2n) is 7.10. The van der Waals surface area contributed by atoms with Gasteiger partial charge in [0.1, 0.15) is 5.82 Å². The molecule has 118 valence electrons. The zero-order valence-electron chi connectivity index (χ0n) is 14.3. The van der Waals surface area contributed by atoms with Gasteiger partial charge in [-0.25, -0.2) is 0 Å². The highest BCUT2D eigenvalue weighted by Gasteiger charge is 2.24. The number of hydrogen-bond donors (Lipinski definition) is 2. The summed E-state index contributed by atoms with van der Waals surface area (Å²) in [5.74, 6) is 0.726. The first-order valence-electron chi connectivity index (χ1n) is 8.02. The van der Waals surface area contributed by atoms with Crippen molar-refractivity contribution in [1.29, 1.82) is 0 Å². The molecule has 2 aromatic carbocycles. The molecule has 0 amide bonds. The Bertz CT molecular complexity index is 821. The molecule has 0 spiro atoms. The fourth-order valence-electron chi connectivity index (χ4n) is 3.18. The van der Waals surface area contributed by atoms with Crippen molar-refractivity contribution in [3.05, 3.63) is 65.9 Å². The normalized spacial score (nSPS) is 11.7. The predicted molar refractivity (Wildman–Crippen MR) is 99.5 cm³/mol. The summed E-state index contributed by atoms with van der Waals surface area (Å²) >= 11 is 0. The number of benzene rings is 2. The van der Waals surface area contributed by atoms with Crippen molar-refractivity contribution in [2.45, 2.75) is 33.1 Å². The van der Waals surface area contributed by atoms with E-state index in [-0.39, 0.29) is 5.41 Å². The Morgan fingerprint density at radius 3 is 2.22 bits per heavy atom. The van der Waals surface area contributed by atoms with Crippen molar-refractivity contribution in [2.24, 2.45) is 0 Å². The lowest BCUT2D eigenvalue weighted by Gasteiger charge is -2.25. The molecule has 0 unspecified atom stereocenters. The van der Waals surface area contributed by atoms with Crippen LogP contribution in [0.1, 0.15) is 31.9 Å². The molecule has 3 N–H and O–H groups in total. The third-order valence-electron chi connectivity index (χ3n) is 4.33. The second-order valence-corrected chi connectivity index (χ2v) is 7.10. The minimum absolute atomic E-state index is 0.0546. The highest BCUT2D eigenvalue weighted by Crippen LogP contribution is 2.43. The summed E-state index contributed by atoms with van der Waals surface area (Å²) in [5.41, 5.74) is 13.7. The van der Waals surface area contributed by atoms with Gasteiger partial charge in [-0.3, -0.25) is 0 Å². The van der Waals surface area contributed by atoms with Crippen LogP contribution < -0.4 is 5.73 Å². The molecule has 23 heavy (non-hydrogen) atoms. The highest BCUT2D eigenvalue weighted by atomic mass is 14.8. The smallest absolute Gasteiger partial charge is 0.109 e. The lowest BCUT2D eigenvalue weighted by atomic mass is 9.79. The predicted octanol–water partition coefficient (Wildman–Crippen LogP) is 5.54. The summed E-state index contributed by atoms with van der Waals surface area (Å²) < 4.78 is 0. The third kappa shape index (κ3) is 2.77. The minimum Gasteiger partial charge on any atom is -0.385 e. The molecule has 0 saturated carbocycles. The Morgan fingerprint density at radius 1 is 0.870 bits per heavy atom. The number of hydrogen-bond acceptors (Lipinski definition) is 1. The maximum atomic E-state index is 6.34. The van der Waals surface area contributed by atoms with E-state index >= 15 is 0 Å². The van der Waals surface area contributed by atoms with Gasteiger partial charge in [-0.05, 0) is 34.6 Å². The number of rotatable bonds is 2. The first-order chi connectivity index (χ1) is 10.9. The standard InChI is InChI=1S/C21H24N2/c1-14-9-8-12-17(21(2,3)4)18(14)19-16(13-23-20(19)22)15-10-6-5-7-11-15/h5-13,23H,22H2,1-4H3. The summed E-state index contributed by atoms with van der Waals surface area (Å²) in [6.07, 6.45) is 2.01. The van der Waals surface area contributed by atoms with Crippen LogP contribution >= 0.6 is 0 Å². The van der Waals surface area contributed by atoms with Crippen LogP contribution in [0.15, 0.2) is 54.7 Å². The molecule has 0 bridgehead atoms. The zero-order valence-corrected chi connectivity index (χ0v) is 14.3. The van der Waals surface area contributed by atoms with E-state index in [1.54, 1.807) is 0 Å². The molecule has 0 aliphatic heterocycles. The molecular formula is C21H24N2. The van der Waals surface area contributed by atoms with Gasteiger partial charge in [-0.15, -0.1) is 0 Å². The molecule has 3 rings (SSSR count). The van der Waals surface area contributed by atoms with E-state index in [0.717, 1.165) is 16.9 Å². The highest BCUT2D eigenvalue weighted by molar-refractivity contribution is 5.93. The quantitative estimate of drug-likeness (QED) is 0.641. The Morgan fingerprint density at radius 2 is 1.57 bits per heavy atom. The average molecular weight is 304 g/mol. The van der Waals surface area contributed by atoms with Crippen molar-refractivity contribution >= 4 is 5.82 Å². The topological polar surface area (TPSA) is 41.8 Å². The van der Waals surface area contributed by atoms with Crippen LogP contribution in [0.2, 0.25) is 0 Å². The molecule has 2 heteroatoms. The van der Waals surface area contributed by atoms with Crippen LogP contribution in [0.5, 0.6) is 0 Å². The molecule has 1 heterocycles. The first kappa shape index (κ1) is 15.4. The van der Waals surface area contributed by atoms with Gasteiger partial charge in [-0.1, -0.05) is 69.3 Å². The largest absolute Gasteiger partial charge is 0.385 e. The SMILES string of the molecule is Cc1cccc(C(C)(C)C)c1-c1c(-c2ccccc2)c[nH]c1N. The molecule has 0 atom stereocenters. The second kappa shape index (κ2) is 5.62.